The molecule has 2 nitrogen and oxygen atoms in total. The quantitative estimate of drug-likeness (QED) is 0.565. The predicted molar refractivity (Wildman–Crippen MR) is 122 cm³/mol. The van der Waals surface area contributed by atoms with Crippen LogP contribution in [-0.4, -0.2) is 30.1 Å². The molecule has 0 aliphatic heterocycles. The summed E-state index contributed by atoms with van der Waals surface area (Å²) in [5, 5.41) is 12.1. The molecule has 2 heteroatoms. The Morgan fingerprint density at radius 3 is 1.83 bits per heavy atom. The van der Waals surface area contributed by atoms with Crippen molar-refractivity contribution in [3.05, 3.63) is 107 Å². The Morgan fingerprint density at radius 1 is 0.828 bits per heavy atom. The molecule has 0 saturated carbocycles. The molecule has 3 rings (SSSR count). The van der Waals surface area contributed by atoms with Crippen LogP contribution >= 0.6 is 0 Å². The molecular weight excluding hydrogens is 354 g/mol. The van der Waals surface area contributed by atoms with E-state index in [0.717, 1.165) is 28.7 Å². The second-order valence-corrected chi connectivity index (χ2v) is 8.48. The van der Waals surface area contributed by atoms with Gasteiger partial charge in [0.25, 0.3) is 0 Å². The van der Waals surface area contributed by atoms with E-state index in [-0.39, 0.29) is 6.04 Å². The Hall–Kier alpha value is -2.42. The summed E-state index contributed by atoms with van der Waals surface area (Å²) in [6, 6.07) is 27.7. The van der Waals surface area contributed by atoms with Crippen LogP contribution in [0.1, 0.15) is 47.3 Å². The van der Waals surface area contributed by atoms with Crippen molar-refractivity contribution in [3.8, 4) is 0 Å². The highest BCUT2D eigenvalue weighted by Gasteiger charge is 2.44. The molecule has 0 radical (unpaired) electrons. The SMILES string of the molecule is Cc1ccc(C)c(C(O)C(C[C@H](C)N(C)C)(c2ccccc2)c2ccccc2)c1. The molecule has 0 aliphatic rings. The van der Waals surface area contributed by atoms with E-state index in [9.17, 15) is 5.11 Å². The Bertz CT molecular complexity index is 878. The molecule has 0 amide bonds. The van der Waals surface area contributed by atoms with E-state index in [2.05, 4.69) is 106 Å². The highest BCUT2D eigenvalue weighted by atomic mass is 16.3. The van der Waals surface area contributed by atoms with E-state index in [1.807, 2.05) is 12.1 Å². The van der Waals surface area contributed by atoms with Gasteiger partial charge in [0.1, 0.15) is 0 Å². The second kappa shape index (κ2) is 8.94. The Labute approximate surface area is 175 Å². The molecule has 0 saturated heterocycles. The first-order valence-electron chi connectivity index (χ1n) is 10.4. The van der Waals surface area contributed by atoms with Gasteiger partial charge in [-0.05, 0) is 63.5 Å². The van der Waals surface area contributed by atoms with Gasteiger partial charge in [0.15, 0.2) is 0 Å². The fourth-order valence-electron chi connectivity index (χ4n) is 4.27. The minimum atomic E-state index is -0.658. The average Bonchev–Trinajstić information content (AvgIpc) is 2.74. The fraction of sp³-hybridized carbons (Fsp3) is 0.333. The van der Waals surface area contributed by atoms with E-state index < -0.39 is 11.5 Å². The Morgan fingerprint density at radius 2 is 1.34 bits per heavy atom. The van der Waals surface area contributed by atoms with Gasteiger partial charge in [-0.2, -0.15) is 0 Å². The zero-order chi connectivity index (χ0) is 21.0. The van der Waals surface area contributed by atoms with Crippen LogP contribution in [0.3, 0.4) is 0 Å². The molecular formula is C27H33NO. The monoisotopic (exact) mass is 387 g/mol. The number of aliphatic hydroxyl groups excluding tert-OH is 1. The smallest absolute Gasteiger partial charge is 0.0930 e. The lowest BCUT2D eigenvalue weighted by atomic mass is 9.64. The zero-order valence-corrected chi connectivity index (χ0v) is 18.3. The summed E-state index contributed by atoms with van der Waals surface area (Å²) in [5.74, 6) is 0. The van der Waals surface area contributed by atoms with E-state index in [4.69, 9.17) is 0 Å². The van der Waals surface area contributed by atoms with Crippen molar-refractivity contribution in [2.24, 2.45) is 0 Å². The fourth-order valence-corrected chi connectivity index (χ4v) is 4.27. The van der Waals surface area contributed by atoms with Crippen molar-refractivity contribution in [1.29, 1.82) is 0 Å². The number of hydrogen-bond acceptors (Lipinski definition) is 2. The normalized spacial score (nSPS) is 14.0. The lowest BCUT2D eigenvalue weighted by Gasteiger charge is -2.43. The number of rotatable bonds is 7. The van der Waals surface area contributed by atoms with Gasteiger partial charge in [-0.25, -0.2) is 0 Å². The second-order valence-electron chi connectivity index (χ2n) is 8.48. The van der Waals surface area contributed by atoms with E-state index in [1.54, 1.807) is 0 Å². The van der Waals surface area contributed by atoms with Crippen LogP contribution < -0.4 is 0 Å². The molecule has 2 atom stereocenters. The third-order valence-corrected chi connectivity index (χ3v) is 6.27. The first-order valence-corrected chi connectivity index (χ1v) is 10.4. The van der Waals surface area contributed by atoms with Gasteiger partial charge in [0.05, 0.1) is 11.5 Å². The lowest BCUT2D eigenvalue weighted by molar-refractivity contribution is 0.0797. The van der Waals surface area contributed by atoms with E-state index in [1.165, 1.54) is 5.56 Å². The van der Waals surface area contributed by atoms with Crippen LogP contribution in [0.4, 0.5) is 0 Å². The molecule has 1 unspecified atom stereocenters. The van der Waals surface area contributed by atoms with Crippen molar-refractivity contribution in [3.63, 3.8) is 0 Å². The largest absolute Gasteiger partial charge is 0.387 e. The average molecular weight is 388 g/mol. The van der Waals surface area contributed by atoms with E-state index >= 15 is 0 Å². The molecule has 0 aromatic heterocycles. The number of aliphatic hydroxyl groups is 1. The van der Waals surface area contributed by atoms with Gasteiger partial charge in [0.2, 0.25) is 0 Å². The Kier molecular flexibility index (Phi) is 6.56. The highest BCUT2D eigenvalue weighted by molar-refractivity contribution is 5.46. The summed E-state index contributed by atoms with van der Waals surface area (Å²) >= 11 is 0. The van der Waals surface area contributed by atoms with Crippen molar-refractivity contribution in [1.82, 2.24) is 4.90 Å². The van der Waals surface area contributed by atoms with Gasteiger partial charge >= 0.3 is 0 Å². The summed E-state index contributed by atoms with van der Waals surface area (Å²) in [6.45, 7) is 6.41. The molecule has 0 aliphatic carbocycles. The molecule has 0 fully saturated rings. The molecule has 3 aromatic carbocycles. The molecule has 3 aromatic rings. The molecule has 1 N–H and O–H groups in total. The molecule has 152 valence electrons. The van der Waals surface area contributed by atoms with Crippen molar-refractivity contribution in [2.45, 2.75) is 44.8 Å². The maximum atomic E-state index is 12.1. The van der Waals surface area contributed by atoms with Crippen molar-refractivity contribution < 1.29 is 5.11 Å². The molecule has 0 heterocycles. The maximum Gasteiger partial charge on any atom is 0.0930 e. The van der Waals surface area contributed by atoms with Crippen LogP contribution in [0, 0.1) is 13.8 Å². The topological polar surface area (TPSA) is 23.5 Å². The minimum Gasteiger partial charge on any atom is -0.387 e. The standard InChI is InChI=1S/C27H33NO/c1-20-16-17-21(2)25(18-20)26(29)27(19-22(3)28(4)5,23-12-8-6-9-13-23)24-14-10-7-11-15-24/h6-18,22,26,29H,19H2,1-5H3/t22-,26?/m0/s1. The minimum absolute atomic E-state index is 0.287. The molecule has 0 bridgehead atoms. The van der Waals surface area contributed by atoms with Crippen molar-refractivity contribution in [2.75, 3.05) is 14.1 Å². The van der Waals surface area contributed by atoms with Crippen LogP contribution in [0.2, 0.25) is 0 Å². The van der Waals surface area contributed by atoms with Crippen LogP contribution in [0.5, 0.6) is 0 Å². The number of benzene rings is 3. The van der Waals surface area contributed by atoms with Crippen LogP contribution in [0.25, 0.3) is 0 Å². The van der Waals surface area contributed by atoms with Gasteiger partial charge in [0, 0.05) is 6.04 Å². The van der Waals surface area contributed by atoms with Gasteiger partial charge in [-0.15, -0.1) is 0 Å². The van der Waals surface area contributed by atoms with Gasteiger partial charge in [-0.1, -0.05) is 84.4 Å². The molecule has 0 spiro atoms. The van der Waals surface area contributed by atoms with E-state index in [0.29, 0.717) is 0 Å². The van der Waals surface area contributed by atoms with Gasteiger partial charge in [-0.3, -0.25) is 0 Å². The summed E-state index contributed by atoms with van der Waals surface area (Å²) < 4.78 is 0. The Balaban J connectivity index is 2.30. The summed E-state index contributed by atoms with van der Waals surface area (Å²) in [6.07, 6.45) is 0.150. The first kappa shape index (κ1) is 21.3. The first-order chi connectivity index (χ1) is 13.9. The summed E-state index contributed by atoms with van der Waals surface area (Å²) in [5.41, 5.74) is 5.03. The van der Waals surface area contributed by atoms with Gasteiger partial charge < -0.3 is 10.0 Å². The summed E-state index contributed by atoms with van der Waals surface area (Å²) in [4.78, 5) is 2.23. The third-order valence-electron chi connectivity index (χ3n) is 6.27. The number of aryl methyl sites for hydroxylation is 2. The van der Waals surface area contributed by atoms with Crippen molar-refractivity contribution >= 4 is 0 Å². The lowest BCUT2D eigenvalue weighted by Crippen LogP contribution is -2.42. The zero-order valence-electron chi connectivity index (χ0n) is 18.3. The molecule has 29 heavy (non-hydrogen) atoms. The number of nitrogens with zero attached hydrogens (tertiary/aromatic N) is 1. The number of hydrogen-bond donors (Lipinski definition) is 1. The third kappa shape index (κ3) is 4.29. The highest BCUT2D eigenvalue weighted by Crippen LogP contribution is 2.48. The summed E-state index contributed by atoms with van der Waals surface area (Å²) in [7, 11) is 4.21. The maximum absolute atomic E-state index is 12.1. The van der Waals surface area contributed by atoms with Crippen LogP contribution in [0.15, 0.2) is 78.9 Å². The predicted octanol–water partition coefficient (Wildman–Crippen LogP) is 5.66. The van der Waals surface area contributed by atoms with Crippen LogP contribution in [-0.2, 0) is 5.41 Å².